The first-order valence-electron chi connectivity index (χ1n) is 9.23. The summed E-state index contributed by atoms with van der Waals surface area (Å²) in [6.07, 6.45) is 4.21. The number of ether oxygens (including phenoxy) is 1. The molecule has 2 aliphatic rings. The zero-order valence-corrected chi connectivity index (χ0v) is 15.7. The van der Waals surface area contributed by atoms with Crippen LogP contribution in [-0.2, 0) is 16.1 Å². The lowest BCUT2D eigenvalue weighted by atomic mass is 9.85. The average Bonchev–Trinajstić information content (AvgIpc) is 3.22. The van der Waals surface area contributed by atoms with Crippen LogP contribution >= 0.6 is 11.3 Å². The molecule has 2 aliphatic heterocycles. The molecule has 4 nitrogen and oxygen atoms in total. The Morgan fingerprint density at radius 3 is 2.84 bits per heavy atom. The molecule has 1 spiro atoms. The van der Waals surface area contributed by atoms with Gasteiger partial charge in [0.05, 0.1) is 6.61 Å². The van der Waals surface area contributed by atoms with Crippen LogP contribution in [0.2, 0.25) is 0 Å². The van der Waals surface area contributed by atoms with Gasteiger partial charge in [-0.25, -0.2) is 0 Å². The summed E-state index contributed by atoms with van der Waals surface area (Å²) in [7, 11) is 1.70. The van der Waals surface area contributed by atoms with Crippen molar-refractivity contribution in [3.8, 4) is 0 Å². The summed E-state index contributed by atoms with van der Waals surface area (Å²) < 4.78 is 6.53. The second kappa shape index (κ2) is 7.06. The van der Waals surface area contributed by atoms with E-state index < -0.39 is 0 Å². The molecule has 5 heteroatoms. The molecule has 2 fully saturated rings. The molecule has 134 valence electrons. The number of fused-ring (bicyclic) bond motifs is 1. The maximum atomic E-state index is 13.3. The lowest BCUT2D eigenvalue weighted by molar-refractivity contribution is -0.148. The van der Waals surface area contributed by atoms with E-state index in [1.54, 1.807) is 18.4 Å². The molecule has 25 heavy (non-hydrogen) atoms. The number of likely N-dealkylation sites (tertiary alicyclic amines) is 2. The summed E-state index contributed by atoms with van der Waals surface area (Å²) in [6, 6.07) is 8.59. The predicted octanol–water partition coefficient (Wildman–Crippen LogP) is 3.50. The van der Waals surface area contributed by atoms with Crippen molar-refractivity contribution in [1.82, 2.24) is 9.80 Å². The van der Waals surface area contributed by atoms with Gasteiger partial charge in [0.2, 0.25) is 5.91 Å². The molecular weight excluding hydrogens is 332 g/mol. The summed E-state index contributed by atoms with van der Waals surface area (Å²) >= 11 is 1.81. The van der Waals surface area contributed by atoms with Crippen molar-refractivity contribution in [1.29, 1.82) is 0 Å². The molecule has 0 bridgehead atoms. The minimum Gasteiger partial charge on any atom is -0.383 e. The highest BCUT2D eigenvalue weighted by Crippen LogP contribution is 2.40. The Labute approximate surface area is 153 Å². The number of thiophene rings is 1. The Balaban J connectivity index is 1.58. The molecule has 3 heterocycles. The molecule has 0 N–H and O–H groups in total. The van der Waals surface area contributed by atoms with Crippen LogP contribution in [0.1, 0.15) is 31.2 Å². The van der Waals surface area contributed by atoms with Crippen LogP contribution in [0.4, 0.5) is 0 Å². The van der Waals surface area contributed by atoms with E-state index in [1.165, 1.54) is 15.6 Å². The van der Waals surface area contributed by atoms with Gasteiger partial charge in [0, 0.05) is 31.4 Å². The molecule has 0 aliphatic carbocycles. The largest absolute Gasteiger partial charge is 0.383 e. The number of carbonyl (C=O) groups excluding carboxylic acids is 1. The molecule has 2 aromatic rings. The first-order valence-corrected chi connectivity index (χ1v) is 10.1. The van der Waals surface area contributed by atoms with Crippen LogP contribution in [0.5, 0.6) is 0 Å². The minimum atomic E-state index is -0.283. The molecule has 0 saturated carbocycles. The summed E-state index contributed by atoms with van der Waals surface area (Å²) in [5.74, 6) is 0.327. The summed E-state index contributed by atoms with van der Waals surface area (Å²) in [5.41, 5.74) is 1.08. The van der Waals surface area contributed by atoms with Crippen molar-refractivity contribution in [2.75, 3.05) is 33.4 Å². The van der Waals surface area contributed by atoms with E-state index in [4.69, 9.17) is 4.74 Å². The number of hydrogen-bond donors (Lipinski definition) is 0. The first kappa shape index (κ1) is 17.0. The average molecular weight is 359 g/mol. The number of rotatable bonds is 5. The number of nitrogens with zero attached hydrogens (tertiary/aromatic N) is 2. The summed E-state index contributed by atoms with van der Waals surface area (Å²) in [4.78, 5) is 17.8. The second-order valence-corrected chi connectivity index (χ2v) is 8.11. The van der Waals surface area contributed by atoms with Gasteiger partial charge in [-0.3, -0.25) is 9.69 Å². The topological polar surface area (TPSA) is 32.8 Å². The fourth-order valence-electron chi connectivity index (χ4n) is 4.53. The second-order valence-electron chi connectivity index (χ2n) is 7.20. The van der Waals surface area contributed by atoms with E-state index in [1.807, 2.05) is 4.90 Å². The van der Waals surface area contributed by atoms with Gasteiger partial charge in [-0.2, -0.15) is 0 Å². The van der Waals surface area contributed by atoms with Gasteiger partial charge in [-0.05, 0) is 54.6 Å². The van der Waals surface area contributed by atoms with Gasteiger partial charge in [-0.1, -0.05) is 18.2 Å². The Hall–Kier alpha value is -1.43. The van der Waals surface area contributed by atoms with Gasteiger partial charge in [0.15, 0.2) is 0 Å². The van der Waals surface area contributed by atoms with Crippen LogP contribution in [0.25, 0.3) is 10.1 Å². The highest BCUT2D eigenvalue weighted by Gasteiger charge is 2.50. The molecule has 1 amide bonds. The van der Waals surface area contributed by atoms with Gasteiger partial charge in [0.25, 0.3) is 0 Å². The van der Waals surface area contributed by atoms with Crippen LogP contribution in [-0.4, -0.2) is 54.6 Å². The number of benzene rings is 1. The fourth-order valence-corrected chi connectivity index (χ4v) is 5.48. The molecule has 4 rings (SSSR count). The zero-order valence-electron chi connectivity index (χ0n) is 14.9. The lowest BCUT2D eigenvalue weighted by Crippen LogP contribution is -2.60. The molecule has 2 saturated heterocycles. The van der Waals surface area contributed by atoms with Gasteiger partial charge >= 0.3 is 0 Å². The van der Waals surface area contributed by atoms with E-state index in [0.717, 1.165) is 45.3 Å². The van der Waals surface area contributed by atoms with Gasteiger partial charge in [0.1, 0.15) is 5.54 Å². The maximum absolute atomic E-state index is 13.3. The third-order valence-corrected chi connectivity index (χ3v) is 6.83. The third kappa shape index (κ3) is 2.98. The molecule has 0 radical (unpaired) electrons. The Morgan fingerprint density at radius 1 is 1.20 bits per heavy atom. The van der Waals surface area contributed by atoms with Crippen molar-refractivity contribution in [3.63, 3.8) is 0 Å². The smallest absolute Gasteiger partial charge is 0.243 e. The lowest BCUT2D eigenvalue weighted by Gasteiger charge is -2.44. The highest BCUT2D eigenvalue weighted by atomic mass is 32.1. The van der Waals surface area contributed by atoms with Crippen molar-refractivity contribution in [2.24, 2.45) is 0 Å². The van der Waals surface area contributed by atoms with E-state index >= 15 is 0 Å². The monoisotopic (exact) mass is 358 g/mol. The molecule has 1 unspecified atom stereocenters. The Morgan fingerprint density at radius 2 is 2.00 bits per heavy atom. The van der Waals surface area contributed by atoms with Crippen LogP contribution in [0.3, 0.4) is 0 Å². The fraction of sp³-hybridized carbons (Fsp3) is 0.550. The summed E-state index contributed by atoms with van der Waals surface area (Å²) in [5, 5.41) is 3.61. The van der Waals surface area contributed by atoms with E-state index in [2.05, 4.69) is 34.5 Å². The quantitative estimate of drug-likeness (QED) is 0.820. The van der Waals surface area contributed by atoms with Crippen molar-refractivity contribution < 1.29 is 9.53 Å². The van der Waals surface area contributed by atoms with Gasteiger partial charge in [-0.15, -0.1) is 11.3 Å². The number of hydrogen-bond acceptors (Lipinski definition) is 4. The van der Waals surface area contributed by atoms with Gasteiger partial charge < -0.3 is 9.64 Å². The van der Waals surface area contributed by atoms with E-state index in [0.29, 0.717) is 19.1 Å². The number of amides is 1. The van der Waals surface area contributed by atoms with Crippen molar-refractivity contribution in [2.45, 2.75) is 37.8 Å². The maximum Gasteiger partial charge on any atom is 0.243 e. The number of carbonyl (C=O) groups is 1. The zero-order chi connectivity index (χ0) is 17.3. The number of piperidine rings is 1. The van der Waals surface area contributed by atoms with Crippen LogP contribution in [0.15, 0.2) is 29.6 Å². The van der Waals surface area contributed by atoms with Crippen LogP contribution in [0, 0.1) is 0 Å². The molecule has 1 aromatic heterocycles. The summed E-state index contributed by atoms with van der Waals surface area (Å²) in [6.45, 7) is 4.12. The van der Waals surface area contributed by atoms with E-state index in [9.17, 15) is 4.79 Å². The minimum absolute atomic E-state index is 0.283. The van der Waals surface area contributed by atoms with E-state index in [-0.39, 0.29) is 5.54 Å². The standard InChI is InChI=1S/C20H26N2O2S/c1-24-13-12-21-10-4-8-20(19(21)23)9-5-11-22(20)14-16-15-25-18-7-3-2-6-17(16)18/h2-3,6-7,15H,4-5,8-14H2,1H3. The normalized spacial score (nSPS) is 24.7. The number of methoxy groups -OCH3 is 1. The predicted molar refractivity (Wildman–Crippen MR) is 102 cm³/mol. The first-order chi connectivity index (χ1) is 12.2. The van der Waals surface area contributed by atoms with Crippen molar-refractivity contribution >= 4 is 27.3 Å². The Kier molecular flexibility index (Phi) is 4.80. The third-order valence-electron chi connectivity index (χ3n) is 5.82. The SMILES string of the molecule is COCCN1CCCC2(CCCN2Cc2csc3ccccc23)C1=O. The molecule has 1 atom stereocenters. The molecule has 1 aromatic carbocycles. The molecular formula is C20H26N2O2S. The highest BCUT2D eigenvalue weighted by molar-refractivity contribution is 7.17. The Bertz CT molecular complexity index is 759. The van der Waals surface area contributed by atoms with Crippen molar-refractivity contribution in [3.05, 3.63) is 35.2 Å². The van der Waals surface area contributed by atoms with Crippen LogP contribution < -0.4 is 0 Å².